The maximum absolute atomic E-state index is 12.3. The Balaban J connectivity index is 1.59. The number of aromatic nitrogens is 1. The number of benzene rings is 2. The molecule has 3 aromatic rings. The molecule has 0 saturated carbocycles. The number of nitrogens with one attached hydrogen (secondary N) is 1. The molecule has 1 heterocycles. The Morgan fingerprint density at radius 1 is 1.08 bits per heavy atom. The van der Waals surface area contributed by atoms with Crippen molar-refractivity contribution in [2.24, 2.45) is 0 Å². The third kappa shape index (κ3) is 4.55. The summed E-state index contributed by atoms with van der Waals surface area (Å²) < 4.78 is 5.95. The van der Waals surface area contributed by atoms with Crippen LogP contribution < -0.4 is 14.8 Å². The Kier molecular flexibility index (Phi) is 5.76. The van der Waals surface area contributed by atoms with Gasteiger partial charge in [0.05, 0.1) is 7.11 Å². The van der Waals surface area contributed by atoms with Gasteiger partial charge in [0, 0.05) is 29.1 Å². The maximum Gasteiger partial charge on any atom is 0.255 e. The fourth-order valence-electron chi connectivity index (χ4n) is 2.31. The molecule has 0 spiro atoms. The van der Waals surface area contributed by atoms with Gasteiger partial charge in [-0.05, 0) is 48.0 Å². The maximum atomic E-state index is 12.3. The molecule has 6 heteroatoms. The van der Waals surface area contributed by atoms with Crippen LogP contribution in [0.25, 0.3) is 0 Å². The number of hydrogen-bond acceptors (Lipinski definition) is 4. The number of anilines is 1. The molecule has 0 bridgehead atoms. The highest BCUT2D eigenvalue weighted by atomic mass is 32.2. The van der Waals surface area contributed by atoms with Gasteiger partial charge < -0.3 is 15.3 Å². The zero-order chi connectivity index (χ0) is 18.4. The molecule has 0 aliphatic carbocycles. The van der Waals surface area contributed by atoms with Crippen molar-refractivity contribution in [3.8, 4) is 5.75 Å². The first-order valence-electron chi connectivity index (χ1n) is 8.01. The Labute approximate surface area is 156 Å². The van der Waals surface area contributed by atoms with E-state index in [9.17, 15) is 10.0 Å². The molecule has 1 aromatic heterocycles. The molecule has 26 heavy (non-hydrogen) atoms. The van der Waals surface area contributed by atoms with E-state index in [1.165, 1.54) is 18.0 Å². The van der Waals surface area contributed by atoms with Crippen LogP contribution in [-0.4, -0.2) is 13.0 Å². The molecule has 0 saturated heterocycles. The van der Waals surface area contributed by atoms with Gasteiger partial charge >= 0.3 is 0 Å². The van der Waals surface area contributed by atoms with Crippen molar-refractivity contribution in [2.75, 3.05) is 12.4 Å². The van der Waals surface area contributed by atoms with E-state index < -0.39 is 0 Å². The van der Waals surface area contributed by atoms with Crippen LogP contribution in [0.15, 0.2) is 78.0 Å². The van der Waals surface area contributed by atoms with Gasteiger partial charge in [-0.2, -0.15) is 4.73 Å². The van der Waals surface area contributed by atoms with Crippen LogP contribution in [0.1, 0.15) is 15.9 Å². The van der Waals surface area contributed by atoms with E-state index in [0.717, 1.165) is 16.0 Å². The number of thioether (sulfide) groups is 1. The van der Waals surface area contributed by atoms with Crippen molar-refractivity contribution in [2.45, 2.75) is 10.8 Å². The summed E-state index contributed by atoms with van der Waals surface area (Å²) in [6.07, 6.45) is 1.48. The number of nitrogens with zero attached hydrogens (tertiary/aromatic N) is 1. The minimum Gasteiger partial charge on any atom is -0.618 e. The van der Waals surface area contributed by atoms with Crippen LogP contribution in [-0.2, 0) is 5.75 Å². The highest BCUT2D eigenvalue weighted by molar-refractivity contribution is 7.98. The topological polar surface area (TPSA) is 65.3 Å². The summed E-state index contributed by atoms with van der Waals surface area (Å²) in [4.78, 5) is 12.3. The molecule has 0 aliphatic heterocycles. The summed E-state index contributed by atoms with van der Waals surface area (Å²) in [5.41, 5.74) is 2.33. The van der Waals surface area contributed by atoms with Gasteiger partial charge in [-0.25, -0.2) is 0 Å². The summed E-state index contributed by atoms with van der Waals surface area (Å²) in [5.74, 6) is 1.23. The lowest BCUT2D eigenvalue weighted by Gasteiger charge is -2.07. The SMILES string of the molecule is COc1ccc(NC(=O)c2ccc(CSc3cccc[n+]3[O-])cc2)cc1. The van der Waals surface area contributed by atoms with Gasteiger partial charge in [0.2, 0.25) is 0 Å². The molecule has 1 amide bonds. The van der Waals surface area contributed by atoms with Crippen molar-refractivity contribution in [3.63, 3.8) is 0 Å². The number of carbonyl (C=O) groups excluding carboxylic acids is 1. The Morgan fingerprint density at radius 3 is 2.46 bits per heavy atom. The van der Waals surface area contributed by atoms with Crippen molar-refractivity contribution >= 4 is 23.4 Å². The molecule has 0 atom stereocenters. The Hall–Kier alpha value is -2.99. The van der Waals surface area contributed by atoms with Gasteiger partial charge in [0.15, 0.2) is 6.20 Å². The highest BCUT2D eigenvalue weighted by Gasteiger charge is 2.08. The van der Waals surface area contributed by atoms with E-state index in [4.69, 9.17) is 4.74 Å². The third-order valence-corrected chi connectivity index (χ3v) is 4.83. The van der Waals surface area contributed by atoms with Crippen LogP contribution in [0.5, 0.6) is 5.75 Å². The standard InChI is InChI=1S/C20H18N2O3S/c1-25-18-11-9-17(10-12-18)21-20(23)16-7-5-15(6-8-16)14-26-19-4-2-3-13-22(19)24/h2-13H,14H2,1H3,(H,21,23). The second kappa shape index (κ2) is 8.40. The number of carbonyl (C=O) groups is 1. The third-order valence-electron chi connectivity index (χ3n) is 3.74. The molecular weight excluding hydrogens is 348 g/mol. The van der Waals surface area contributed by atoms with E-state index in [0.29, 0.717) is 22.0 Å². The lowest BCUT2D eigenvalue weighted by Crippen LogP contribution is -2.27. The number of amides is 1. The summed E-state index contributed by atoms with van der Waals surface area (Å²) in [5, 5.41) is 15.1. The van der Waals surface area contributed by atoms with Gasteiger partial charge in [0.25, 0.3) is 10.9 Å². The van der Waals surface area contributed by atoms with Crippen molar-refractivity contribution in [1.29, 1.82) is 0 Å². The number of pyridine rings is 1. The normalized spacial score (nSPS) is 10.3. The van der Waals surface area contributed by atoms with Crippen LogP contribution in [0.4, 0.5) is 5.69 Å². The fraction of sp³-hybridized carbons (Fsp3) is 0.100. The molecule has 0 fully saturated rings. The molecule has 0 radical (unpaired) electrons. The number of methoxy groups -OCH3 is 1. The zero-order valence-corrected chi connectivity index (χ0v) is 15.0. The van der Waals surface area contributed by atoms with E-state index in [1.807, 2.05) is 18.2 Å². The lowest BCUT2D eigenvalue weighted by atomic mass is 10.1. The van der Waals surface area contributed by atoms with Crippen molar-refractivity contribution in [3.05, 3.63) is 89.3 Å². The second-order valence-corrected chi connectivity index (χ2v) is 6.53. The van der Waals surface area contributed by atoms with Crippen LogP contribution in [0.2, 0.25) is 0 Å². The number of ether oxygens (including phenoxy) is 1. The molecule has 0 aliphatic rings. The first kappa shape index (κ1) is 17.8. The highest BCUT2D eigenvalue weighted by Crippen LogP contribution is 2.20. The van der Waals surface area contributed by atoms with Crippen LogP contribution >= 0.6 is 11.8 Å². The van der Waals surface area contributed by atoms with Crippen LogP contribution in [0, 0.1) is 5.21 Å². The zero-order valence-electron chi connectivity index (χ0n) is 14.2. The number of hydrogen-bond donors (Lipinski definition) is 1. The van der Waals surface area contributed by atoms with E-state index in [-0.39, 0.29) is 5.91 Å². The molecule has 5 nitrogen and oxygen atoms in total. The van der Waals surface area contributed by atoms with Gasteiger partial charge in [0.1, 0.15) is 5.75 Å². The van der Waals surface area contributed by atoms with Gasteiger partial charge in [-0.1, -0.05) is 23.9 Å². The monoisotopic (exact) mass is 366 g/mol. The van der Waals surface area contributed by atoms with Crippen molar-refractivity contribution in [1.82, 2.24) is 0 Å². The molecular formula is C20H18N2O3S. The average Bonchev–Trinajstić information content (AvgIpc) is 2.68. The van der Waals surface area contributed by atoms with Gasteiger partial charge in [-0.3, -0.25) is 4.79 Å². The molecule has 2 aromatic carbocycles. The summed E-state index contributed by atoms with van der Waals surface area (Å²) >= 11 is 1.46. The lowest BCUT2D eigenvalue weighted by molar-refractivity contribution is -0.645. The van der Waals surface area contributed by atoms with Crippen LogP contribution in [0.3, 0.4) is 0 Å². The summed E-state index contributed by atoms with van der Waals surface area (Å²) in [7, 11) is 1.60. The molecule has 1 N–H and O–H groups in total. The average molecular weight is 366 g/mol. The van der Waals surface area contributed by atoms with Crippen molar-refractivity contribution < 1.29 is 14.3 Å². The minimum atomic E-state index is -0.171. The first-order chi connectivity index (χ1) is 12.7. The van der Waals surface area contributed by atoms with E-state index in [2.05, 4.69) is 5.32 Å². The summed E-state index contributed by atoms with van der Waals surface area (Å²) in [6, 6.07) is 19.9. The molecule has 132 valence electrons. The predicted molar refractivity (Wildman–Crippen MR) is 102 cm³/mol. The Bertz CT molecular complexity index is 880. The smallest absolute Gasteiger partial charge is 0.255 e. The first-order valence-corrected chi connectivity index (χ1v) is 8.99. The predicted octanol–water partition coefficient (Wildman–Crippen LogP) is 3.87. The fourth-order valence-corrected chi connectivity index (χ4v) is 3.18. The second-order valence-electron chi connectivity index (χ2n) is 5.53. The minimum absolute atomic E-state index is 0.171. The van der Waals surface area contributed by atoms with E-state index >= 15 is 0 Å². The number of rotatable bonds is 6. The van der Waals surface area contributed by atoms with Gasteiger partial charge in [-0.15, -0.1) is 0 Å². The quantitative estimate of drug-likeness (QED) is 0.409. The summed E-state index contributed by atoms with van der Waals surface area (Å²) in [6.45, 7) is 0. The largest absolute Gasteiger partial charge is 0.618 e. The van der Waals surface area contributed by atoms with E-state index in [1.54, 1.807) is 55.6 Å². The molecule has 3 rings (SSSR count). The molecule has 0 unspecified atom stereocenters. The Morgan fingerprint density at radius 2 is 1.81 bits per heavy atom.